The van der Waals surface area contributed by atoms with E-state index in [9.17, 15) is 9.90 Å². The summed E-state index contributed by atoms with van der Waals surface area (Å²) in [5.74, 6) is 2.79. The quantitative estimate of drug-likeness (QED) is 0.765. The fourth-order valence-electron chi connectivity index (χ4n) is 3.81. The van der Waals surface area contributed by atoms with E-state index in [4.69, 9.17) is 14.5 Å². The molecule has 0 atom stereocenters. The average Bonchev–Trinajstić information content (AvgIpc) is 3.41. The van der Waals surface area contributed by atoms with Gasteiger partial charge in [-0.25, -0.2) is 9.78 Å². The number of methoxy groups -OCH3 is 2. The van der Waals surface area contributed by atoms with Crippen molar-refractivity contribution in [2.24, 2.45) is 0 Å². The number of carboxylic acid groups (broad SMARTS) is 1. The van der Waals surface area contributed by atoms with Crippen molar-refractivity contribution in [3.8, 4) is 11.5 Å². The van der Waals surface area contributed by atoms with Crippen LogP contribution >= 0.6 is 0 Å². The zero-order chi connectivity index (χ0) is 20.4. The van der Waals surface area contributed by atoms with Crippen molar-refractivity contribution in [2.75, 3.05) is 37.5 Å². The van der Waals surface area contributed by atoms with E-state index in [1.54, 1.807) is 14.2 Å². The SMILES string of the molecule is COc1ccc(CNc2nc3c(c(N4CCCC4)n2)CN(C(=O)O)C3)c(OC)c1. The number of amides is 1. The first-order valence-electron chi connectivity index (χ1n) is 9.66. The number of ether oxygens (including phenoxy) is 2. The van der Waals surface area contributed by atoms with Gasteiger partial charge >= 0.3 is 6.09 Å². The molecule has 3 heterocycles. The highest BCUT2D eigenvalue weighted by Gasteiger charge is 2.31. The van der Waals surface area contributed by atoms with Crippen LogP contribution in [0.3, 0.4) is 0 Å². The predicted molar refractivity (Wildman–Crippen MR) is 108 cm³/mol. The van der Waals surface area contributed by atoms with Gasteiger partial charge in [-0.15, -0.1) is 0 Å². The molecular formula is C20H25N5O4. The largest absolute Gasteiger partial charge is 0.497 e. The molecule has 154 valence electrons. The van der Waals surface area contributed by atoms with Crippen molar-refractivity contribution in [1.29, 1.82) is 0 Å². The molecule has 2 aromatic rings. The lowest BCUT2D eigenvalue weighted by atomic mass is 10.2. The molecule has 9 heteroatoms. The van der Waals surface area contributed by atoms with Crippen molar-refractivity contribution >= 4 is 17.9 Å². The van der Waals surface area contributed by atoms with Crippen LogP contribution < -0.4 is 19.7 Å². The van der Waals surface area contributed by atoms with Crippen LogP contribution in [0.5, 0.6) is 11.5 Å². The Morgan fingerprint density at radius 3 is 2.66 bits per heavy atom. The van der Waals surface area contributed by atoms with Crippen LogP contribution in [-0.2, 0) is 19.6 Å². The van der Waals surface area contributed by atoms with Gasteiger partial charge in [0.25, 0.3) is 0 Å². The highest BCUT2D eigenvalue weighted by atomic mass is 16.5. The third kappa shape index (κ3) is 3.85. The molecule has 0 spiro atoms. The Hall–Kier alpha value is -3.23. The Balaban J connectivity index is 1.59. The van der Waals surface area contributed by atoms with E-state index in [0.29, 0.717) is 19.0 Å². The van der Waals surface area contributed by atoms with Gasteiger partial charge in [0.15, 0.2) is 0 Å². The van der Waals surface area contributed by atoms with Crippen LogP contribution in [0.1, 0.15) is 29.7 Å². The van der Waals surface area contributed by atoms with E-state index in [0.717, 1.165) is 60.1 Å². The molecule has 1 fully saturated rings. The summed E-state index contributed by atoms with van der Waals surface area (Å²) in [4.78, 5) is 24.4. The molecule has 0 saturated carbocycles. The smallest absolute Gasteiger partial charge is 0.407 e. The number of anilines is 2. The van der Waals surface area contributed by atoms with E-state index < -0.39 is 6.09 Å². The van der Waals surface area contributed by atoms with Gasteiger partial charge in [0.2, 0.25) is 5.95 Å². The van der Waals surface area contributed by atoms with Gasteiger partial charge in [-0.3, -0.25) is 4.90 Å². The summed E-state index contributed by atoms with van der Waals surface area (Å²) >= 11 is 0. The van der Waals surface area contributed by atoms with E-state index in [1.165, 1.54) is 4.90 Å². The Morgan fingerprint density at radius 1 is 1.17 bits per heavy atom. The molecule has 2 aliphatic rings. The molecule has 0 unspecified atom stereocenters. The van der Waals surface area contributed by atoms with Gasteiger partial charge in [0.1, 0.15) is 17.3 Å². The number of carbonyl (C=O) groups is 1. The number of rotatable bonds is 6. The molecule has 1 amide bonds. The molecule has 0 radical (unpaired) electrons. The van der Waals surface area contributed by atoms with Gasteiger partial charge in [-0.2, -0.15) is 4.98 Å². The topological polar surface area (TPSA) is 100 Å². The fourth-order valence-corrected chi connectivity index (χ4v) is 3.81. The summed E-state index contributed by atoms with van der Waals surface area (Å²) in [7, 11) is 3.24. The minimum Gasteiger partial charge on any atom is -0.497 e. The molecular weight excluding hydrogens is 374 g/mol. The fraction of sp³-hybridized carbons (Fsp3) is 0.450. The molecule has 1 aromatic carbocycles. The molecule has 29 heavy (non-hydrogen) atoms. The summed E-state index contributed by atoms with van der Waals surface area (Å²) in [6.07, 6.45) is 1.30. The second-order valence-electron chi connectivity index (χ2n) is 7.16. The van der Waals surface area contributed by atoms with E-state index >= 15 is 0 Å². The predicted octanol–water partition coefficient (Wildman–Crippen LogP) is 2.70. The van der Waals surface area contributed by atoms with Crippen LogP contribution in [0, 0.1) is 0 Å². The summed E-state index contributed by atoms with van der Waals surface area (Å²) in [6, 6.07) is 5.65. The van der Waals surface area contributed by atoms with Crippen LogP contribution in [0.2, 0.25) is 0 Å². The number of hydrogen-bond acceptors (Lipinski definition) is 7. The highest BCUT2D eigenvalue weighted by Crippen LogP contribution is 2.32. The summed E-state index contributed by atoms with van der Waals surface area (Å²) in [5, 5.41) is 12.7. The number of benzene rings is 1. The minimum absolute atomic E-state index is 0.286. The summed E-state index contributed by atoms with van der Waals surface area (Å²) in [5.41, 5.74) is 2.64. The third-order valence-corrected chi connectivity index (χ3v) is 5.37. The molecule has 2 N–H and O–H groups in total. The van der Waals surface area contributed by atoms with Crippen LogP contribution in [0.25, 0.3) is 0 Å². The summed E-state index contributed by atoms with van der Waals surface area (Å²) < 4.78 is 10.7. The standard InChI is InChI=1S/C20H25N5O4/c1-28-14-6-5-13(17(9-14)29-2)10-21-19-22-16-12-25(20(26)27)11-15(16)18(23-19)24-7-3-4-8-24/h5-6,9H,3-4,7-8,10-12H2,1-2H3,(H,26,27)(H,21,22,23). The summed E-state index contributed by atoms with van der Waals surface area (Å²) in [6.45, 7) is 2.97. The maximum atomic E-state index is 11.4. The normalized spacial score (nSPS) is 15.4. The Kier molecular flexibility index (Phi) is 5.28. The first-order valence-corrected chi connectivity index (χ1v) is 9.66. The zero-order valence-corrected chi connectivity index (χ0v) is 16.6. The van der Waals surface area contributed by atoms with Crippen LogP contribution in [-0.4, -0.2) is 53.4 Å². The molecule has 4 rings (SSSR count). The van der Waals surface area contributed by atoms with Gasteiger partial charge in [-0.05, 0) is 25.0 Å². The second kappa shape index (κ2) is 8.02. The maximum absolute atomic E-state index is 11.4. The molecule has 9 nitrogen and oxygen atoms in total. The Labute approximate surface area is 169 Å². The van der Waals surface area contributed by atoms with E-state index in [1.807, 2.05) is 18.2 Å². The number of nitrogens with zero attached hydrogens (tertiary/aromatic N) is 4. The number of hydrogen-bond donors (Lipinski definition) is 2. The zero-order valence-electron chi connectivity index (χ0n) is 16.6. The highest BCUT2D eigenvalue weighted by molar-refractivity contribution is 5.68. The Morgan fingerprint density at radius 2 is 1.97 bits per heavy atom. The second-order valence-corrected chi connectivity index (χ2v) is 7.16. The van der Waals surface area contributed by atoms with Gasteiger partial charge in [0.05, 0.1) is 33.0 Å². The van der Waals surface area contributed by atoms with Crippen molar-refractivity contribution in [3.63, 3.8) is 0 Å². The van der Waals surface area contributed by atoms with Crippen molar-refractivity contribution in [2.45, 2.75) is 32.5 Å². The lowest BCUT2D eigenvalue weighted by Gasteiger charge is -2.20. The van der Waals surface area contributed by atoms with Crippen molar-refractivity contribution in [1.82, 2.24) is 14.9 Å². The first-order chi connectivity index (χ1) is 14.1. The minimum atomic E-state index is -0.937. The van der Waals surface area contributed by atoms with Crippen LogP contribution in [0.15, 0.2) is 18.2 Å². The molecule has 2 aliphatic heterocycles. The van der Waals surface area contributed by atoms with Gasteiger partial charge in [-0.1, -0.05) is 0 Å². The van der Waals surface area contributed by atoms with E-state index in [2.05, 4.69) is 15.2 Å². The van der Waals surface area contributed by atoms with Crippen molar-refractivity contribution in [3.05, 3.63) is 35.0 Å². The van der Waals surface area contributed by atoms with Gasteiger partial charge in [0, 0.05) is 36.8 Å². The first kappa shape index (κ1) is 19.1. The van der Waals surface area contributed by atoms with Crippen molar-refractivity contribution < 1.29 is 19.4 Å². The molecule has 1 saturated heterocycles. The van der Waals surface area contributed by atoms with E-state index in [-0.39, 0.29) is 6.54 Å². The number of aromatic nitrogens is 2. The average molecular weight is 399 g/mol. The lowest BCUT2D eigenvalue weighted by Crippen LogP contribution is -2.24. The number of nitrogens with one attached hydrogen (secondary N) is 1. The van der Waals surface area contributed by atoms with Gasteiger partial charge < -0.3 is 24.8 Å². The number of fused-ring (bicyclic) bond motifs is 1. The third-order valence-electron chi connectivity index (χ3n) is 5.37. The monoisotopic (exact) mass is 399 g/mol. The Bertz CT molecular complexity index is 914. The van der Waals surface area contributed by atoms with Crippen LogP contribution in [0.4, 0.5) is 16.6 Å². The molecule has 0 bridgehead atoms. The molecule has 0 aliphatic carbocycles. The maximum Gasteiger partial charge on any atom is 0.407 e. The lowest BCUT2D eigenvalue weighted by molar-refractivity contribution is 0.145. The molecule has 1 aromatic heterocycles.